The normalized spacial score (nSPS) is 15.1. The van der Waals surface area contributed by atoms with Crippen LogP contribution in [0.25, 0.3) is 28.1 Å². The Balaban J connectivity index is 1.76. The fourth-order valence-corrected chi connectivity index (χ4v) is 4.99. The molecule has 1 saturated carbocycles. The number of carbonyl (C=O) groups is 1. The summed E-state index contributed by atoms with van der Waals surface area (Å²) >= 11 is 6.50. The molecule has 0 radical (unpaired) electrons. The zero-order chi connectivity index (χ0) is 27.0. The van der Waals surface area contributed by atoms with E-state index in [9.17, 15) is 22.4 Å². The number of halogens is 5. The topological polar surface area (TPSA) is 66.0 Å². The first kappa shape index (κ1) is 25.7. The quantitative estimate of drug-likeness (QED) is 0.147. The number of allylic oxidation sites excluding steroid dienone is 1. The Kier molecular flexibility index (Phi) is 6.84. The molecule has 4 nitrogen and oxygen atoms in total. The Hall–Kier alpha value is -3.91. The molecule has 0 spiro atoms. The van der Waals surface area contributed by atoms with E-state index < -0.39 is 23.7 Å². The molecular weight excluding hydrogens is 520 g/mol. The number of alkyl halides is 3. The molecule has 1 heterocycles. The number of nitrogens with zero attached hydrogens (tertiary/aromatic N) is 1. The highest BCUT2D eigenvalue weighted by Crippen LogP contribution is 2.47. The van der Waals surface area contributed by atoms with E-state index in [-0.39, 0.29) is 16.3 Å². The summed E-state index contributed by atoms with van der Waals surface area (Å²) in [5, 5.41) is 15.5. The zero-order valence-corrected chi connectivity index (χ0v) is 20.6. The Bertz CT molecular complexity index is 1580. The predicted octanol–water partition coefficient (Wildman–Crippen LogP) is 8.23. The fraction of sp³-hybridized carbons (Fsp3) is 0.172. The van der Waals surface area contributed by atoms with Crippen molar-refractivity contribution in [3.05, 3.63) is 106 Å². The lowest BCUT2D eigenvalue weighted by molar-refractivity contribution is -0.137. The van der Waals surface area contributed by atoms with Crippen molar-refractivity contribution in [2.45, 2.75) is 25.4 Å². The Morgan fingerprint density at radius 1 is 1.03 bits per heavy atom. The van der Waals surface area contributed by atoms with E-state index in [0.717, 1.165) is 48.6 Å². The highest BCUT2D eigenvalue weighted by Gasteiger charge is 2.33. The average molecular weight is 541 g/mol. The number of carboxylic acid groups (broad SMARTS) is 1. The lowest BCUT2D eigenvalue weighted by Gasteiger charge is -2.32. The van der Waals surface area contributed by atoms with Gasteiger partial charge in [0.1, 0.15) is 0 Å². The lowest BCUT2D eigenvalue weighted by atomic mass is 9.73. The summed E-state index contributed by atoms with van der Waals surface area (Å²) in [5.41, 5.74) is 3.71. The van der Waals surface area contributed by atoms with Gasteiger partial charge in [-0.15, -0.1) is 5.10 Å². The number of rotatable bonds is 6. The summed E-state index contributed by atoms with van der Waals surface area (Å²) in [6.07, 6.45) is 0.587. The van der Waals surface area contributed by atoms with Gasteiger partial charge in [0, 0.05) is 11.1 Å². The molecule has 5 rings (SSSR count). The van der Waals surface area contributed by atoms with Gasteiger partial charge < -0.3 is 5.11 Å². The first-order valence-electron chi connectivity index (χ1n) is 11.9. The van der Waals surface area contributed by atoms with Crippen LogP contribution in [-0.4, -0.2) is 21.3 Å². The van der Waals surface area contributed by atoms with Crippen molar-refractivity contribution in [1.82, 2.24) is 10.2 Å². The molecule has 0 amide bonds. The second-order valence-electron chi connectivity index (χ2n) is 9.18. The van der Waals surface area contributed by atoms with Crippen LogP contribution in [-0.2, 0) is 11.0 Å². The third-order valence-corrected chi connectivity index (χ3v) is 7.10. The Labute approximate surface area is 220 Å². The summed E-state index contributed by atoms with van der Waals surface area (Å²) in [5.74, 6) is -1.70. The minimum atomic E-state index is -4.53. The molecule has 0 unspecified atom stereocenters. The largest absolute Gasteiger partial charge is 0.478 e. The number of nitrogens with one attached hydrogen (secondary N) is 1. The third-order valence-electron chi connectivity index (χ3n) is 6.79. The molecule has 0 aliphatic heterocycles. The van der Waals surface area contributed by atoms with Crippen molar-refractivity contribution in [3.8, 4) is 0 Å². The number of aromatic nitrogens is 2. The van der Waals surface area contributed by atoms with Gasteiger partial charge in [-0.3, -0.25) is 5.10 Å². The van der Waals surface area contributed by atoms with Crippen molar-refractivity contribution >= 4 is 45.7 Å². The number of benzene rings is 3. The molecule has 2 N–H and O–H groups in total. The molecule has 0 saturated heterocycles. The maximum absolute atomic E-state index is 14.4. The zero-order valence-electron chi connectivity index (χ0n) is 19.8. The summed E-state index contributed by atoms with van der Waals surface area (Å²) < 4.78 is 54.6. The second-order valence-corrected chi connectivity index (χ2v) is 9.58. The first-order valence-corrected chi connectivity index (χ1v) is 12.3. The van der Waals surface area contributed by atoms with Crippen LogP contribution >= 0.6 is 11.6 Å². The van der Waals surface area contributed by atoms with Crippen molar-refractivity contribution in [3.63, 3.8) is 0 Å². The van der Waals surface area contributed by atoms with Crippen LogP contribution in [0.5, 0.6) is 0 Å². The van der Waals surface area contributed by atoms with Crippen LogP contribution in [0.4, 0.5) is 17.6 Å². The average Bonchev–Trinajstić information content (AvgIpc) is 3.21. The minimum Gasteiger partial charge on any atom is -0.478 e. The van der Waals surface area contributed by atoms with Crippen LogP contribution in [0, 0.1) is 11.9 Å². The molecule has 194 valence electrons. The van der Waals surface area contributed by atoms with Gasteiger partial charge in [-0.2, -0.15) is 17.6 Å². The monoisotopic (exact) mass is 540 g/mol. The van der Waals surface area contributed by atoms with Crippen molar-refractivity contribution in [1.29, 1.82) is 0 Å². The summed E-state index contributed by atoms with van der Waals surface area (Å²) in [7, 11) is 0. The molecule has 0 bridgehead atoms. The smallest absolute Gasteiger partial charge is 0.416 e. The van der Waals surface area contributed by atoms with Crippen molar-refractivity contribution in [2.24, 2.45) is 5.92 Å². The molecular formula is C29H21ClF4N2O2. The maximum Gasteiger partial charge on any atom is 0.416 e. The van der Waals surface area contributed by atoms with E-state index in [1.165, 1.54) is 12.1 Å². The molecule has 3 aromatic carbocycles. The van der Waals surface area contributed by atoms with Gasteiger partial charge in [-0.05, 0) is 82.5 Å². The van der Waals surface area contributed by atoms with Crippen LogP contribution < -0.4 is 0 Å². The SMILES string of the molecule is O=C(O)/C=C/c1ccc(/C(=C(\c2ccc(C(F)(F)F)cc2Cl)C2CCC2)c2ccc3[nH]nc(F)c3c2)cc1. The van der Waals surface area contributed by atoms with E-state index in [0.29, 0.717) is 27.8 Å². The summed E-state index contributed by atoms with van der Waals surface area (Å²) in [4.78, 5) is 10.9. The van der Waals surface area contributed by atoms with Gasteiger partial charge in [0.25, 0.3) is 0 Å². The number of fused-ring (bicyclic) bond motifs is 1. The predicted molar refractivity (Wildman–Crippen MR) is 139 cm³/mol. The van der Waals surface area contributed by atoms with Gasteiger partial charge in [-0.1, -0.05) is 54.4 Å². The standard InChI is InChI=1S/C29H21ClF4N2O2/c30-23-15-20(29(32,33)34)10-11-21(23)27(17-2-1-3-17)26(18-7-4-16(5-8-18)6-13-25(37)38)19-9-12-24-22(14-19)28(31)36-35-24/h4-15,17H,1-3H2,(H,35,36)(H,37,38)/b13-6+,27-26+. The van der Waals surface area contributed by atoms with Gasteiger partial charge in [0.15, 0.2) is 0 Å². The molecule has 0 atom stereocenters. The van der Waals surface area contributed by atoms with E-state index >= 15 is 0 Å². The second kappa shape index (κ2) is 10.1. The van der Waals surface area contributed by atoms with Crippen LogP contribution in [0.15, 0.2) is 66.7 Å². The molecule has 1 aromatic heterocycles. The number of aliphatic carboxylic acids is 1. The molecule has 1 aliphatic carbocycles. The van der Waals surface area contributed by atoms with E-state index in [1.807, 2.05) is 18.2 Å². The Morgan fingerprint density at radius 2 is 1.74 bits per heavy atom. The highest BCUT2D eigenvalue weighted by atomic mass is 35.5. The Morgan fingerprint density at radius 3 is 2.34 bits per heavy atom. The highest BCUT2D eigenvalue weighted by molar-refractivity contribution is 6.33. The van der Waals surface area contributed by atoms with Crippen LogP contribution in [0.1, 0.15) is 47.1 Å². The van der Waals surface area contributed by atoms with E-state index in [1.54, 1.807) is 24.3 Å². The number of hydrogen-bond acceptors (Lipinski definition) is 2. The van der Waals surface area contributed by atoms with Crippen LogP contribution in [0.2, 0.25) is 5.02 Å². The van der Waals surface area contributed by atoms with Gasteiger partial charge in [0.2, 0.25) is 5.95 Å². The van der Waals surface area contributed by atoms with Gasteiger partial charge >= 0.3 is 12.1 Å². The number of aromatic amines is 1. The fourth-order valence-electron chi connectivity index (χ4n) is 4.71. The van der Waals surface area contributed by atoms with E-state index in [2.05, 4.69) is 10.2 Å². The van der Waals surface area contributed by atoms with E-state index in [4.69, 9.17) is 16.7 Å². The van der Waals surface area contributed by atoms with Crippen LogP contribution in [0.3, 0.4) is 0 Å². The van der Waals surface area contributed by atoms with Gasteiger partial charge in [-0.25, -0.2) is 4.79 Å². The van der Waals surface area contributed by atoms with Crippen molar-refractivity contribution < 1.29 is 27.5 Å². The third kappa shape index (κ3) is 5.09. The molecule has 1 aliphatic rings. The maximum atomic E-state index is 14.4. The van der Waals surface area contributed by atoms with Gasteiger partial charge in [0.05, 0.1) is 16.5 Å². The molecule has 9 heteroatoms. The molecule has 1 fully saturated rings. The summed E-state index contributed by atoms with van der Waals surface area (Å²) in [6, 6.07) is 15.7. The number of H-pyrrole nitrogens is 1. The minimum absolute atomic E-state index is 0.0178. The lowest BCUT2D eigenvalue weighted by Crippen LogP contribution is -2.16. The summed E-state index contributed by atoms with van der Waals surface area (Å²) in [6.45, 7) is 0. The number of carboxylic acids is 1. The molecule has 38 heavy (non-hydrogen) atoms. The van der Waals surface area contributed by atoms with Crippen molar-refractivity contribution in [2.75, 3.05) is 0 Å². The molecule has 4 aromatic rings. The number of hydrogen-bond donors (Lipinski definition) is 2. The first-order chi connectivity index (χ1) is 18.1.